The van der Waals surface area contributed by atoms with Crippen LogP contribution in [-0.4, -0.2) is 9.67 Å². The molecule has 3 nitrogen and oxygen atoms in total. The van der Waals surface area contributed by atoms with Gasteiger partial charge >= 0.3 is 0 Å². The average molecular weight is 308 g/mol. The summed E-state index contributed by atoms with van der Waals surface area (Å²) in [5.74, 6) is 0. The van der Waals surface area contributed by atoms with E-state index in [2.05, 4.69) is 15.9 Å². The molecule has 0 aliphatic rings. The lowest BCUT2D eigenvalue weighted by Crippen LogP contribution is -2.22. The summed E-state index contributed by atoms with van der Waals surface area (Å²) in [6.07, 6.45) is 1.79. The lowest BCUT2D eigenvalue weighted by molar-refractivity contribution is 0.282. The minimum Gasteiger partial charge on any atom is -0.392 e. The van der Waals surface area contributed by atoms with Gasteiger partial charge in [-0.25, -0.2) is 0 Å². The molecule has 1 heterocycles. The maximum absolute atomic E-state index is 12.0. The van der Waals surface area contributed by atoms with E-state index in [1.807, 2.05) is 30.3 Å². The predicted molar refractivity (Wildman–Crippen MR) is 74.6 cm³/mol. The molecular weight excluding hydrogens is 294 g/mol. The van der Waals surface area contributed by atoms with E-state index in [-0.39, 0.29) is 12.2 Å². The summed E-state index contributed by atoms with van der Waals surface area (Å²) in [5, 5.41) is 8.97. The molecule has 1 aromatic heterocycles. The van der Waals surface area contributed by atoms with E-state index in [1.165, 1.54) is 0 Å². The molecule has 0 aliphatic carbocycles. The number of hydrogen-bond donors (Lipinski definition) is 1. The van der Waals surface area contributed by atoms with Crippen LogP contribution in [0.2, 0.25) is 0 Å². The number of nitrogens with zero attached hydrogens (tertiary/aromatic N) is 1. The monoisotopic (exact) mass is 307 g/mol. The summed E-state index contributed by atoms with van der Waals surface area (Å²) in [4.78, 5) is 12.0. The summed E-state index contributed by atoms with van der Waals surface area (Å²) < 4.78 is 2.57. The number of aliphatic hydroxyl groups excluding tert-OH is 1. The second kappa shape index (κ2) is 5.50. The van der Waals surface area contributed by atoms with Crippen molar-refractivity contribution in [2.24, 2.45) is 0 Å². The number of halogens is 1. The molecule has 94 valence electrons. The lowest BCUT2D eigenvalue weighted by Gasteiger charge is -2.08. The molecule has 0 aliphatic heterocycles. The molecule has 0 fully saturated rings. The van der Waals surface area contributed by atoms with Crippen molar-refractivity contribution in [1.29, 1.82) is 0 Å². The van der Waals surface area contributed by atoms with Gasteiger partial charge in [0.1, 0.15) is 0 Å². The van der Waals surface area contributed by atoms with Crippen LogP contribution in [-0.2, 0) is 13.2 Å². The first-order valence-corrected chi connectivity index (χ1v) is 6.44. The second-order valence-corrected chi connectivity index (χ2v) is 5.16. The van der Waals surface area contributed by atoms with Crippen LogP contribution in [0.1, 0.15) is 16.7 Å². The van der Waals surface area contributed by atoms with E-state index in [9.17, 15) is 4.79 Å². The molecule has 0 saturated carbocycles. The van der Waals surface area contributed by atoms with Gasteiger partial charge in [-0.2, -0.15) is 0 Å². The summed E-state index contributed by atoms with van der Waals surface area (Å²) in [6, 6.07) is 9.40. The molecule has 0 radical (unpaired) electrons. The quantitative estimate of drug-likeness (QED) is 0.946. The first kappa shape index (κ1) is 13.1. The van der Waals surface area contributed by atoms with Gasteiger partial charge in [-0.05, 0) is 40.0 Å². The van der Waals surface area contributed by atoms with Gasteiger partial charge in [0.25, 0.3) is 5.56 Å². The number of rotatable bonds is 3. The maximum atomic E-state index is 12.0. The minimum absolute atomic E-state index is 0.0180. The van der Waals surface area contributed by atoms with E-state index in [4.69, 9.17) is 5.11 Å². The minimum atomic E-state index is 0.0180. The Morgan fingerprint density at radius 3 is 2.44 bits per heavy atom. The Morgan fingerprint density at radius 2 is 1.83 bits per heavy atom. The number of aromatic nitrogens is 1. The van der Waals surface area contributed by atoms with E-state index in [1.54, 1.807) is 17.7 Å². The first-order valence-electron chi connectivity index (χ1n) is 5.65. The molecule has 18 heavy (non-hydrogen) atoms. The Kier molecular flexibility index (Phi) is 3.99. The molecule has 0 bridgehead atoms. The Hall–Kier alpha value is -1.39. The Balaban J connectivity index is 2.31. The highest BCUT2D eigenvalue weighted by molar-refractivity contribution is 9.10. The van der Waals surface area contributed by atoms with Crippen molar-refractivity contribution in [1.82, 2.24) is 4.57 Å². The third kappa shape index (κ3) is 2.89. The zero-order valence-electron chi connectivity index (χ0n) is 10.1. The number of aryl methyl sites for hydroxylation is 1. The number of benzene rings is 1. The molecule has 0 atom stereocenters. The van der Waals surface area contributed by atoms with Gasteiger partial charge in [-0.1, -0.05) is 24.3 Å². The molecule has 2 rings (SSSR count). The highest BCUT2D eigenvalue weighted by Crippen LogP contribution is 2.10. The SMILES string of the molecule is Cc1cc(Br)cn(Cc2ccc(CO)cc2)c1=O. The van der Waals surface area contributed by atoms with Crippen LogP contribution in [0.3, 0.4) is 0 Å². The normalized spacial score (nSPS) is 10.6. The summed E-state index contributed by atoms with van der Waals surface area (Å²) in [6.45, 7) is 2.37. The summed E-state index contributed by atoms with van der Waals surface area (Å²) in [5.41, 5.74) is 2.64. The Morgan fingerprint density at radius 1 is 1.22 bits per heavy atom. The van der Waals surface area contributed by atoms with E-state index < -0.39 is 0 Å². The van der Waals surface area contributed by atoms with Crippen LogP contribution in [0.4, 0.5) is 0 Å². The molecule has 0 amide bonds. The molecule has 0 spiro atoms. The van der Waals surface area contributed by atoms with Gasteiger partial charge in [0.2, 0.25) is 0 Å². The smallest absolute Gasteiger partial charge is 0.253 e. The summed E-state index contributed by atoms with van der Waals surface area (Å²) in [7, 11) is 0. The standard InChI is InChI=1S/C14H14BrNO2/c1-10-6-13(15)8-16(14(10)18)7-11-2-4-12(9-17)5-3-11/h2-6,8,17H,7,9H2,1H3. The van der Waals surface area contributed by atoms with Crippen molar-refractivity contribution in [3.8, 4) is 0 Å². The van der Waals surface area contributed by atoms with Crippen LogP contribution in [0, 0.1) is 6.92 Å². The van der Waals surface area contributed by atoms with Crippen LogP contribution in [0.15, 0.2) is 45.8 Å². The summed E-state index contributed by atoms with van der Waals surface area (Å²) >= 11 is 3.39. The van der Waals surface area contributed by atoms with Crippen molar-refractivity contribution >= 4 is 15.9 Å². The van der Waals surface area contributed by atoms with Crippen molar-refractivity contribution in [3.63, 3.8) is 0 Å². The van der Waals surface area contributed by atoms with Gasteiger partial charge in [-0.15, -0.1) is 0 Å². The van der Waals surface area contributed by atoms with Gasteiger partial charge in [0.15, 0.2) is 0 Å². The van der Waals surface area contributed by atoms with Crippen molar-refractivity contribution in [3.05, 3.63) is 68.0 Å². The van der Waals surface area contributed by atoms with Gasteiger partial charge in [0.05, 0.1) is 13.2 Å². The number of pyridine rings is 1. The average Bonchev–Trinajstić information content (AvgIpc) is 2.36. The third-order valence-corrected chi connectivity index (χ3v) is 3.22. The zero-order chi connectivity index (χ0) is 13.1. The largest absolute Gasteiger partial charge is 0.392 e. The Bertz CT molecular complexity index is 602. The second-order valence-electron chi connectivity index (χ2n) is 4.25. The third-order valence-electron chi connectivity index (χ3n) is 2.79. The molecule has 1 N–H and O–H groups in total. The fourth-order valence-corrected chi connectivity index (χ4v) is 2.39. The fraction of sp³-hybridized carbons (Fsp3) is 0.214. The topological polar surface area (TPSA) is 42.2 Å². The number of hydrogen-bond acceptors (Lipinski definition) is 2. The van der Waals surface area contributed by atoms with Gasteiger partial charge in [-0.3, -0.25) is 4.79 Å². The molecule has 0 saturated heterocycles. The fourth-order valence-electron chi connectivity index (χ4n) is 1.80. The number of aliphatic hydroxyl groups is 1. The lowest BCUT2D eigenvalue weighted by atomic mass is 10.1. The highest BCUT2D eigenvalue weighted by Gasteiger charge is 2.03. The highest BCUT2D eigenvalue weighted by atomic mass is 79.9. The van der Waals surface area contributed by atoms with Gasteiger partial charge < -0.3 is 9.67 Å². The first-order chi connectivity index (χ1) is 8.60. The van der Waals surface area contributed by atoms with Gasteiger partial charge in [0, 0.05) is 16.2 Å². The van der Waals surface area contributed by atoms with E-state index in [0.717, 1.165) is 21.2 Å². The Labute approximate surface area is 114 Å². The maximum Gasteiger partial charge on any atom is 0.253 e. The van der Waals surface area contributed by atoms with Crippen molar-refractivity contribution in [2.75, 3.05) is 0 Å². The van der Waals surface area contributed by atoms with Crippen molar-refractivity contribution < 1.29 is 5.11 Å². The molecule has 0 unspecified atom stereocenters. The molecule has 4 heteroatoms. The van der Waals surface area contributed by atoms with Crippen LogP contribution in [0.5, 0.6) is 0 Å². The predicted octanol–water partition coefficient (Wildman–Crippen LogP) is 2.46. The van der Waals surface area contributed by atoms with Crippen LogP contribution < -0.4 is 5.56 Å². The zero-order valence-corrected chi connectivity index (χ0v) is 11.6. The van der Waals surface area contributed by atoms with Crippen LogP contribution >= 0.6 is 15.9 Å². The molecule has 2 aromatic rings. The van der Waals surface area contributed by atoms with Crippen molar-refractivity contribution in [2.45, 2.75) is 20.1 Å². The molecular formula is C14H14BrNO2. The van der Waals surface area contributed by atoms with Crippen LogP contribution in [0.25, 0.3) is 0 Å². The van der Waals surface area contributed by atoms with E-state index in [0.29, 0.717) is 6.54 Å². The van der Waals surface area contributed by atoms with E-state index >= 15 is 0 Å². The molecule has 1 aromatic carbocycles.